The normalized spacial score (nSPS) is 17.2. The predicted molar refractivity (Wildman–Crippen MR) is 71.9 cm³/mol. The number of Topliss-reactive ketones (excluding diaryl/α,β-unsaturated/α-hetero) is 1. The minimum absolute atomic E-state index is 0.0142. The Kier molecular flexibility index (Phi) is 3.27. The molecule has 4 heteroatoms. The third kappa shape index (κ3) is 2.18. The summed E-state index contributed by atoms with van der Waals surface area (Å²) in [5.74, 6) is -0.566. The highest BCUT2D eigenvalue weighted by molar-refractivity contribution is 6.03. The Morgan fingerprint density at radius 3 is 2.63 bits per heavy atom. The number of rotatable bonds is 3. The first-order chi connectivity index (χ1) is 8.82. The van der Waals surface area contributed by atoms with E-state index >= 15 is 0 Å². The lowest BCUT2D eigenvalue weighted by Gasteiger charge is -2.11. The SMILES string of the molecule is C=C(C)[C@H]1Cc2c(cc(O)c(C(=O)C(C)C)c2O)O1. The Labute approximate surface area is 112 Å². The second-order valence-corrected chi connectivity index (χ2v) is 5.27. The summed E-state index contributed by atoms with van der Waals surface area (Å²) in [5.41, 5.74) is 1.39. The molecule has 1 aromatic rings. The first-order valence-electron chi connectivity index (χ1n) is 6.27. The van der Waals surface area contributed by atoms with Gasteiger partial charge >= 0.3 is 0 Å². The molecule has 2 rings (SSSR count). The van der Waals surface area contributed by atoms with E-state index in [-0.39, 0.29) is 34.9 Å². The van der Waals surface area contributed by atoms with Crippen LogP contribution < -0.4 is 4.74 Å². The van der Waals surface area contributed by atoms with Gasteiger partial charge in [-0.25, -0.2) is 0 Å². The van der Waals surface area contributed by atoms with Gasteiger partial charge in [-0.2, -0.15) is 0 Å². The van der Waals surface area contributed by atoms with Crippen molar-refractivity contribution in [2.24, 2.45) is 5.92 Å². The zero-order valence-corrected chi connectivity index (χ0v) is 11.4. The van der Waals surface area contributed by atoms with Crippen molar-refractivity contribution in [1.82, 2.24) is 0 Å². The first-order valence-corrected chi connectivity index (χ1v) is 6.27. The minimum atomic E-state index is -0.297. The zero-order chi connectivity index (χ0) is 14.3. The van der Waals surface area contributed by atoms with Crippen LogP contribution in [0.2, 0.25) is 0 Å². The molecule has 0 saturated heterocycles. The fourth-order valence-corrected chi connectivity index (χ4v) is 2.16. The maximum atomic E-state index is 12.0. The summed E-state index contributed by atoms with van der Waals surface area (Å²) in [6, 6.07) is 1.40. The summed E-state index contributed by atoms with van der Waals surface area (Å²) >= 11 is 0. The second kappa shape index (κ2) is 4.61. The molecule has 0 aromatic heterocycles. The largest absolute Gasteiger partial charge is 0.507 e. The molecule has 1 aromatic carbocycles. The predicted octanol–water partition coefficient (Wildman–Crippen LogP) is 2.82. The van der Waals surface area contributed by atoms with Crippen LogP contribution in [0.5, 0.6) is 17.2 Å². The molecule has 0 fully saturated rings. The van der Waals surface area contributed by atoms with Crippen LogP contribution >= 0.6 is 0 Å². The van der Waals surface area contributed by atoms with E-state index in [2.05, 4.69) is 6.58 Å². The average molecular weight is 262 g/mol. The van der Waals surface area contributed by atoms with Crippen LogP contribution in [0.1, 0.15) is 36.7 Å². The number of hydrogen-bond donors (Lipinski definition) is 2. The minimum Gasteiger partial charge on any atom is -0.507 e. The van der Waals surface area contributed by atoms with E-state index in [0.717, 1.165) is 5.57 Å². The van der Waals surface area contributed by atoms with Gasteiger partial charge in [0, 0.05) is 24.0 Å². The molecule has 0 bridgehead atoms. The van der Waals surface area contributed by atoms with Crippen LogP contribution in [0.3, 0.4) is 0 Å². The molecule has 0 saturated carbocycles. The van der Waals surface area contributed by atoms with Crippen molar-refractivity contribution in [2.75, 3.05) is 0 Å². The van der Waals surface area contributed by atoms with Gasteiger partial charge in [0.25, 0.3) is 0 Å². The van der Waals surface area contributed by atoms with Crippen molar-refractivity contribution in [1.29, 1.82) is 0 Å². The summed E-state index contributed by atoms with van der Waals surface area (Å²) in [5, 5.41) is 20.1. The fraction of sp³-hybridized carbons (Fsp3) is 0.400. The van der Waals surface area contributed by atoms with Crippen LogP contribution in [-0.4, -0.2) is 22.1 Å². The summed E-state index contributed by atoms with van der Waals surface area (Å²) in [6.45, 7) is 9.11. The van der Waals surface area contributed by atoms with Gasteiger partial charge in [-0.15, -0.1) is 0 Å². The Balaban J connectivity index is 2.50. The van der Waals surface area contributed by atoms with Crippen molar-refractivity contribution >= 4 is 5.78 Å². The molecule has 102 valence electrons. The van der Waals surface area contributed by atoms with E-state index in [9.17, 15) is 15.0 Å². The Morgan fingerprint density at radius 2 is 2.11 bits per heavy atom. The van der Waals surface area contributed by atoms with Crippen molar-refractivity contribution < 1.29 is 19.7 Å². The fourth-order valence-electron chi connectivity index (χ4n) is 2.16. The Bertz CT molecular complexity index is 558. The molecule has 1 aliphatic heterocycles. The number of phenolic OH excluding ortho intramolecular Hbond substituents is 2. The lowest BCUT2D eigenvalue weighted by Crippen LogP contribution is -2.13. The lowest BCUT2D eigenvalue weighted by molar-refractivity contribution is 0.0933. The summed E-state index contributed by atoms with van der Waals surface area (Å²) in [4.78, 5) is 12.0. The van der Waals surface area contributed by atoms with E-state index in [1.54, 1.807) is 13.8 Å². The quantitative estimate of drug-likeness (QED) is 0.649. The van der Waals surface area contributed by atoms with E-state index in [1.807, 2.05) is 6.92 Å². The van der Waals surface area contributed by atoms with Crippen LogP contribution in [-0.2, 0) is 6.42 Å². The maximum Gasteiger partial charge on any atom is 0.172 e. The number of carbonyl (C=O) groups excluding carboxylic acids is 1. The molecule has 1 atom stereocenters. The highest BCUT2D eigenvalue weighted by Gasteiger charge is 2.31. The van der Waals surface area contributed by atoms with Crippen LogP contribution in [0.4, 0.5) is 0 Å². The molecule has 0 radical (unpaired) electrons. The molecule has 0 unspecified atom stereocenters. The van der Waals surface area contributed by atoms with E-state index in [4.69, 9.17) is 4.74 Å². The van der Waals surface area contributed by atoms with E-state index in [0.29, 0.717) is 17.7 Å². The maximum absolute atomic E-state index is 12.0. The summed E-state index contributed by atoms with van der Waals surface area (Å²) in [6.07, 6.45) is 0.250. The van der Waals surface area contributed by atoms with Gasteiger partial charge in [-0.3, -0.25) is 4.79 Å². The Hall–Kier alpha value is -1.97. The van der Waals surface area contributed by atoms with Gasteiger partial charge in [0.15, 0.2) is 5.78 Å². The molecule has 1 heterocycles. The summed E-state index contributed by atoms with van der Waals surface area (Å²) in [7, 11) is 0. The highest BCUT2D eigenvalue weighted by atomic mass is 16.5. The lowest BCUT2D eigenvalue weighted by atomic mass is 9.95. The number of ether oxygens (including phenoxy) is 1. The van der Waals surface area contributed by atoms with Gasteiger partial charge in [0.2, 0.25) is 0 Å². The van der Waals surface area contributed by atoms with E-state index in [1.165, 1.54) is 6.07 Å². The summed E-state index contributed by atoms with van der Waals surface area (Å²) < 4.78 is 5.59. The van der Waals surface area contributed by atoms with Crippen molar-refractivity contribution in [2.45, 2.75) is 33.3 Å². The number of hydrogen-bond acceptors (Lipinski definition) is 4. The van der Waals surface area contributed by atoms with Crippen molar-refractivity contribution in [3.05, 3.63) is 29.3 Å². The number of aromatic hydroxyl groups is 2. The van der Waals surface area contributed by atoms with Gasteiger partial charge in [-0.1, -0.05) is 20.4 Å². The topological polar surface area (TPSA) is 66.8 Å². The second-order valence-electron chi connectivity index (χ2n) is 5.27. The monoisotopic (exact) mass is 262 g/mol. The van der Waals surface area contributed by atoms with Crippen LogP contribution in [0, 0.1) is 5.92 Å². The van der Waals surface area contributed by atoms with E-state index < -0.39 is 0 Å². The van der Waals surface area contributed by atoms with Crippen molar-refractivity contribution in [3.63, 3.8) is 0 Å². The third-order valence-corrected chi connectivity index (χ3v) is 3.32. The zero-order valence-electron chi connectivity index (χ0n) is 11.4. The molecule has 2 N–H and O–H groups in total. The number of phenols is 2. The van der Waals surface area contributed by atoms with Gasteiger partial charge < -0.3 is 14.9 Å². The number of ketones is 1. The smallest absolute Gasteiger partial charge is 0.172 e. The third-order valence-electron chi connectivity index (χ3n) is 3.32. The van der Waals surface area contributed by atoms with Gasteiger partial charge in [-0.05, 0) is 12.5 Å². The number of carbonyl (C=O) groups is 1. The standard InChI is InChI=1S/C15H18O4/c1-7(2)11-5-9-12(19-11)6-10(16)13(15(9)18)14(17)8(3)4/h6,8,11,16,18H,1,5H2,2-4H3/t11-/m1/s1. The van der Waals surface area contributed by atoms with Crippen molar-refractivity contribution in [3.8, 4) is 17.2 Å². The molecule has 1 aliphatic rings. The van der Waals surface area contributed by atoms with Crippen LogP contribution in [0.25, 0.3) is 0 Å². The molecular formula is C15H18O4. The van der Waals surface area contributed by atoms with Gasteiger partial charge in [0.1, 0.15) is 28.9 Å². The van der Waals surface area contributed by atoms with Crippen LogP contribution in [0.15, 0.2) is 18.2 Å². The molecule has 0 spiro atoms. The number of benzene rings is 1. The average Bonchev–Trinajstić information content (AvgIpc) is 2.72. The molecule has 19 heavy (non-hydrogen) atoms. The first kappa shape index (κ1) is 13.5. The Morgan fingerprint density at radius 1 is 1.47 bits per heavy atom. The highest BCUT2D eigenvalue weighted by Crippen LogP contribution is 2.44. The molecular weight excluding hydrogens is 244 g/mol. The molecule has 0 aliphatic carbocycles. The molecule has 0 amide bonds. The van der Waals surface area contributed by atoms with Gasteiger partial charge in [0.05, 0.1) is 0 Å². The molecule has 4 nitrogen and oxygen atoms in total. The number of fused-ring (bicyclic) bond motifs is 1.